The van der Waals surface area contributed by atoms with Gasteiger partial charge in [-0.3, -0.25) is 4.79 Å². The van der Waals surface area contributed by atoms with E-state index in [1.165, 1.54) is 18.9 Å². The average molecular weight is 390 g/mol. The van der Waals surface area contributed by atoms with Crippen molar-refractivity contribution in [2.45, 2.75) is 84.3 Å². The van der Waals surface area contributed by atoms with Crippen LogP contribution in [0.5, 0.6) is 0 Å². The molecule has 5 heteroatoms. The Morgan fingerprint density at radius 3 is 2.64 bits per heavy atom. The number of amides is 1. The number of carbonyl (C=O) groups is 2. The predicted molar refractivity (Wildman–Crippen MR) is 106 cm³/mol. The molecule has 3 fully saturated rings. The molecule has 5 nitrogen and oxygen atoms in total. The van der Waals surface area contributed by atoms with Crippen molar-refractivity contribution in [1.29, 1.82) is 0 Å². The third-order valence-corrected chi connectivity index (χ3v) is 8.98. The molecule has 28 heavy (non-hydrogen) atoms. The molecule has 0 aromatic heterocycles. The summed E-state index contributed by atoms with van der Waals surface area (Å²) in [6, 6.07) is -0.770. The quantitative estimate of drug-likeness (QED) is 0.645. The van der Waals surface area contributed by atoms with Gasteiger partial charge >= 0.3 is 5.97 Å². The van der Waals surface area contributed by atoms with E-state index in [0.717, 1.165) is 44.9 Å². The van der Waals surface area contributed by atoms with Crippen LogP contribution in [0.2, 0.25) is 0 Å². The molecular weight excluding hydrogens is 354 g/mol. The number of nitrogens with one attached hydrogen (secondary N) is 1. The lowest BCUT2D eigenvalue weighted by atomic mass is 9.48. The van der Waals surface area contributed by atoms with E-state index in [1.54, 1.807) is 0 Å². The summed E-state index contributed by atoms with van der Waals surface area (Å²) in [5.74, 6) is 0.608. The number of carboxylic acid groups (broad SMARTS) is 1. The van der Waals surface area contributed by atoms with Crippen molar-refractivity contribution < 1.29 is 19.8 Å². The van der Waals surface area contributed by atoms with Crippen molar-refractivity contribution in [2.75, 3.05) is 0 Å². The van der Waals surface area contributed by atoms with Crippen LogP contribution < -0.4 is 5.32 Å². The molecular formula is C23H35NO4. The maximum atomic E-state index is 11.8. The van der Waals surface area contributed by atoms with Gasteiger partial charge in [-0.25, -0.2) is 4.79 Å². The van der Waals surface area contributed by atoms with E-state index in [4.69, 9.17) is 0 Å². The smallest absolute Gasteiger partial charge is 0.326 e. The first kappa shape index (κ1) is 19.9. The Morgan fingerprint density at radius 1 is 1.21 bits per heavy atom. The lowest BCUT2D eigenvalue weighted by Gasteiger charge is -2.57. The number of carboxylic acids is 1. The summed E-state index contributed by atoms with van der Waals surface area (Å²) in [4.78, 5) is 23.4. The Balaban J connectivity index is 1.59. The Morgan fingerprint density at radius 2 is 1.96 bits per heavy atom. The second-order valence-corrected chi connectivity index (χ2v) is 10.6. The minimum absolute atomic E-state index is 0.0153. The van der Waals surface area contributed by atoms with Crippen molar-refractivity contribution in [3.63, 3.8) is 0 Å². The van der Waals surface area contributed by atoms with Crippen LogP contribution in [-0.4, -0.2) is 34.2 Å². The zero-order valence-corrected chi connectivity index (χ0v) is 17.4. The fourth-order valence-electron chi connectivity index (χ4n) is 7.61. The SMILES string of the molecule is CC(=O)NC(C(=O)O)C1C[C@H]2[C@@H]3CC=C4CC(O)CC[C@]4(C)[C@H]3CC[C@]2(C)C1. The molecule has 1 amide bonds. The molecule has 0 heterocycles. The van der Waals surface area contributed by atoms with Crippen LogP contribution in [-0.2, 0) is 9.59 Å². The monoisotopic (exact) mass is 389 g/mol. The second kappa shape index (κ2) is 6.86. The van der Waals surface area contributed by atoms with E-state index in [9.17, 15) is 19.8 Å². The molecule has 0 aromatic rings. The van der Waals surface area contributed by atoms with Crippen LogP contribution in [0.3, 0.4) is 0 Å². The van der Waals surface area contributed by atoms with Crippen molar-refractivity contribution in [3.05, 3.63) is 11.6 Å². The highest BCUT2D eigenvalue weighted by Crippen LogP contribution is 2.65. The maximum absolute atomic E-state index is 11.8. The van der Waals surface area contributed by atoms with Crippen LogP contribution in [0.4, 0.5) is 0 Å². The minimum atomic E-state index is -0.905. The van der Waals surface area contributed by atoms with Gasteiger partial charge in [0.2, 0.25) is 5.91 Å². The molecule has 0 aliphatic heterocycles. The summed E-state index contributed by atoms with van der Waals surface area (Å²) in [6.45, 7) is 6.17. The predicted octanol–water partition coefficient (Wildman–Crippen LogP) is 3.52. The largest absolute Gasteiger partial charge is 0.480 e. The van der Waals surface area contributed by atoms with Gasteiger partial charge in [0.1, 0.15) is 6.04 Å². The van der Waals surface area contributed by atoms with Gasteiger partial charge < -0.3 is 15.5 Å². The highest BCUT2D eigenvalue weighted by Gasteiger charge is 2.58. The van der Waals surface area contributed by atoms with E-state index in [1.807, 2.05) is 0 Å². The lowest BCUT2D eigenvalue weighted by molar-refractivity contribution is -0.143. The van der Waals surface area contributed by atoms with Crippen molar-refractivity contribution in [2.24, 2.45) is 34.5 Å². The van der Waals surface area contributed by atoms with Crippen LogP contribution >= 0.6 is 0 Å². The first-order valence-corrected chi connectivity index (χ1v) is 11.0. The van der Waals surface area contributed by atoms with Gasteiger partial charge in [-0.05, 0) is 85.9 Å². The Kier molecular flexibility index (Phi) is 4.88. The van der Waals surface area contributed by atoms with Gasteiger partial charge in [-0.1, -0.05) is 25.5 Å². The molecule has 0 radical (unpaired) electrons. The summed E-state index contributed by atoms with van der Waals surface area (Å²) in [5, 5.41) is 22.5. The van der Waals surface area contributed by atoms with Gasteiger partial charge in [0.15, 0.2) is 0 Å². The lowest BCUT2D eigenvalue weighted by Crippen LogP contribution is -2.49. The number of fused-ring (bicyclic) bond motifs is 5. The fourth-order valence-corrected chi connectivity index (χ4v) is 7.61. The van der Waals surface area contributed by atoms with E-state index in [0.29, 0.717) is 17.8 Å². The van der Waals surface area contributed by atoms with Gasteiger partial charge in [0.05, 0.1) is 6.10 Å². The molecule has 3 saturated carbocycles. The number of aliphatic hydroxyl groups excluding tert-OH is 1. The van der Waals surface area contributed by atoms with Crippen LogP contribution in [0.15, 0.2) is 11.6 Å². The Labute approximate surface area is 168 Å². The van der Waals surface area contributed by atoms with E-state index < -0.39 is 12.0 Å². The molecule has 0 bridgehead atoms. The molecule has 8 atom stereocenters. The highest BCUT2D eigenvalue weighted by molar-refractivity contribution is 5.82. The number of hydrogen-bond donors (Lipinski definition) is 3. The van der Waals surface area contributed by atoms with Crippen molar-refractivity contribution in [1.82, 2.24) is 5.32 Å². The van der Waals surface area contributed by atoms with Crippen LogP contribution in [0.25, 0.3) is 0 Å². The van der Waals surface area contributed by atoms with Crippen molar-refractivity contribution >= 4 is 11.9 Å². The topological polar surface area (TPSA) is 86.6 Å². The highest BCUT2D eigenvalue weighted by atomic mass is 16.4. The number of carbonyl (C=O) groups excluding carboxylic acids is 1. The molecule has 4 rings (SSSR count). The number of aliphatic carboxylic acids is 1. The molecule has 0 aromatic carbocycles. The molecule has 3 N–H and O–H groups in total. The Hall–Kier alpha value is -1.36. The van der Waals surface area contributed by atoms with Gasteiger partial charge in [0.25, 0.3) is 0 Å². The van der Waals surface area contributed by atoms with E-state index >= 15 is 0 Å². The van der Waals surface area contributed by atoms with Crippen LogP contribution in [0, 0.1) is 34.5 Å². The summed E-state index contributed by atoms with van der Waals surface area (Å²) in [5.41, 5.74) is 1.84. The summed E-state index contributed by atoms with van der Waals surface area (Å²) in [7, 11) is 0. The second-order valence-electron chi connectivity index (χ2n) is 10.6. The molecule has 0 spiro atoms. The van der Waals surface area contributed by atoms with Crippen molar-refractivity contribution in [3.8, 4) is 0 Å². The maximum Gasteiger partial charge on any atom is 0.326 e. The van der Waals surface area contributed by atoms with E-state index in [-0.39, 0.29) is 28.8 Å². The third-order valence-electron chi connectivity index (χ3n) is 8.98. The number of hydrogen-bond acceptors (Lipinski definition) is 3. The number of rotatable bonds is 3. The summed E-state index contributed by atoms with van der Waals surface area (Å²) >= 11 is 0. The average Bonchev–Trinajstić information content (AvgIpc) is 2.97. The molecule has 0 saturated heterocycles. The first-order valence-electron chi connectivity index (χ1n) is 11.0. The summed E-state index contributed by atoms with van der Waals surface area (Å²) < 4.78 is 0. The Bertz CT molecular complexity index is 703. The molecule has 156 valence electrons. The third kappa shape index (κ3) is 3.10. The number of allylic oxidation sites excluding steroid dienone is 1. The van der Waals surface area contributed by atoms with Gasteiger partial charge in [-0.2, -0.15) is 0 Å². The number of aliphatic hydroxyl groups is 1. The minimum Gasteiger partial charge on any atom is -0.480 e. The first-order chi connectivity index (χ1) is 13.1. The molecule has 4 aliphatic carbocycles. The van der Waals surface area contributed by atoms with E-state index in [2.05, 4.69) is 25.2 Å². The zero-order valence-electron chi connectivity index (χ0n) is 17.4. The normalized spacial score (nSPS) is 45.9. The fraction of sp³-hybridized carbons (Fsp3) is 0.826. The van der Waals surface area contributed by atoms with Gasteiger partial charge in [0, 0.05) is 6.92 Å². The van der Waals surface area contributed by atoms with Gasteiger partial charge in [-0.15, -0.1) is 0 Å². The summed E-state index contributed by atoms with van der Waals surface area (Å²) in [6.07, 6.45) is 10.2. The molecule has 4 aliphatic rings. The zero-order chi connectivity index (χ0) is 20.3. The molecule has 3 unspecified atom stereocenters. The standard InChI is InChI=1S/C23H35NO4/c1-13(25)24-20(21(27)28)14-10-19-17-5-4-15-11-16(26)6-9-23(15,3)18(17)7-8-22(19,2)12-14/h4,14,16-20,26H,5-12H2,1-3H3,(H,24,25)(H,27,28)/t14?,16?,17-,18+,19+,20?,22-,23+/m1/s1. The van der Waals surface area contributed by atoms with Crippen LogP contribution in [0.1, 0.15) is 72.1 Å².